The van der Waals surface area contributed by atoms with Gasteiger partial charge in [0.05, 0.1) is 24.2 Å². The third-order valence-corrected chi connectivity index (χ3v) is 3.11. The van der Waals surface area contributed by atoms with E-state index in [1.54, 1.807) is 7.05 Å². The fraction of sp³-hybridized carbons (Fsp3) is 0.429. The molecule has 0 fully saturated rings. The lowest BCUT2D eigenvalue weighted by Crippen LogP contribution is -2.49. The standard InChI is InChI=1S/C14H17N3O2/c1-10(7-15)8-17-9-13(14(18)16-2)19-12-6-4-3-5-11(12)17/h3-6,10,13H,8-9H2,1-2H3,(H,16,18)/t10-,13-/m1/s1. The molecule has 1 heterocycles. The van der Waals surface area contributed by atoms with Crippen molar-refractivity contribution in [2.75, 3.05) is 25.0 Å². The maximum atomic E-state index is 11.7. The fourth-order valence-corrected chi connectivity index (χ4v) is 2.15. The molecule has 0 aliphatic carbocycles. The molecule has 0 unspecified atom stereocenters. The Kier molecular flexibility index (Phi) is 3.91. The van der Waals surface area contributed by atoms with Gasteiger partial charge < -0.3 is 15.0 Å². The normalized spacial score (nSPS) is 18.8. The summed E-state index contributed by atoms with van der Waals surface area (Å²) >= 11 is 0. The van der Waals surface area contributed by atoms with Crippen LogP contribution < -0.4 is 15.0 Å². The number of likely N-dealkylation sites (N-methyl/N-ethyl adjacent to an activating group) is 1. The molecule has 1 aromatic carbocycles. The molecule has 1 aromatic rings. The highest BCUT2D eigenvalue weighted by Crippen LogP contribution is 2.33. The Morgan fingerprint density at radius 2 is 2.37 bits per heavy atom. The van der Waals surface area contributed by atoms with Gasteiger partial charge in [-0.25, -0.2) is 0 Å². The summed E-state index contributed by atoms with van der Waals surface area (Å²) in [5, 5.41) is 11.5. The first-order chi connectivity index (χ1) is 9.15. The molecular formula is C14H17N3O2. The summed E-state index contributed by atoms with van der Waals surface area (Å²) in [6.45, 7) is 2.92. The van der Waals surface area contributed by atoms with E-state index in [0.29, 0.717) is 18.8 Å². The van der Waals surface area contributed by atoms with Crippen molar-refractivity contribution in [2.45, 2.75) is 13.0 Å². The Morgan fingerprint density at radius 1 is 1.63 bits per heavy atom. The van der Waals surface area contributed by atoms with Gasteiger partial charge in [0.1, 0.15) is 5.75 Å². The molecule has 0 spiro atoms. The van der Waals surface area contributed by atoms with Gasteiger partial charge in [-0.2, -0.15) is 5.26 Å². The number of benzene rings is 1. The molecule has 0 aromatic heterocycles. The second-order valence-electron chi connectivity index (χ2n) is 4.62. The van der Waals surface area contributed by atoms with E-state index in [2.05, 4.69) is 11.4 Å². The van der Waals surface area contributed by atoms with Gasteiger partial charge in [-0.05, 0) is 19.1 Å². The maximum Gasteiger partial charge on any atom is 0.262 e. The third-order valence-electron chi connectivity index (χ3n) is 3.11. The van der Waals surface area contributed by atoms with E-state index in [4.69, 9.17) is 10.00 Å². The molecule has 0 saturated heterocycles. The van der Waals surface area contributed by atoms with Gasteiger partial charge >= 0.3 is 0 Å². The van der Waals surface area contributed by atoms with E-state index in [1.165, 1.54) is 0 Å². The van der Waals surface area contributed by atoms with Crippen molar-refractivity contribution in [1.82, 2.24) is 5.32 Å². The zero-order valence-corrected chi connectivity index (χ0v) is 11.1. The van der Waals surface area contributed by atoms with Crippen LogP contribution in [0.2, 0.25) is 0 Å². The second kappa shape index (κ2) is 5.61. The number of fused-ring (bicyclic) bond motifs is 1. The zero-order valence-electron chi connectivity index (χ0n) is 11.1. The van der Waals surface area contributed by atoms with Crippen LogP contribution in [0.15, 0.2) is 24.3 Å². The van der Waals surface area contributed by atoms with E-state index >= 15 is 0 Å². The highest BCUT2D eigenvalue weighted by Gasteiger charge is 2.30. The number of anilines is 1. The van der Waals surface area contributed by atoms with Crippen LogP contribution in [0, 0.1) is 17.2 Å². The highest BCUT2D eigenvalue weighted by molar-refractivity contribution is 5.83. The molecule has 1 amide bonds. The number of carbonyl (C=O) groups excluding carboxylic acids is 1. The molecule has 0 saturated carbocycles. The van der Waals surface area contributed by atoms with Crippen LogP contribution in [-0.4, -0.2) is 32.1 Å². The Labute approximate surface area is 112 Å². The lowest BCUT2D eigenvalue weighted by Gasteiger charge is -2.35. The van der Waals surface area contributed by atoms with Crippen LogP contribution in [0.1, 0.15) is 6.92 Å². The van der Waals surface area contributed by atoms with Gasteiger partial charge in [0.2, 0.25) is 0 Å². The highest BCUT2D eigenvalue weighted by atomic mass is 16.5. The van der Waals surface area contributed by atoms with Crippen LogP contribution >= 0.6 is 0 Å². The van der Waals surface area contributed by atoms with E-state index in [9.17, 15) is 4.79 Å². The molecule has 0 radical (unpaired) electrons. The Hall–Kier alpha value is -2.22. The predicted molar refractivity (Wildman–Crippen MR) is 71.9 cm³/mol. The Balaban J connectivity index is 2.26. The summed E-state index contributed by atoms with van der Waals surface area (Å²) < 4.78 is 5.69. The molecule has 5 heteroatoms. The topological polar surface area (TPSA) is 65.4 Å². The van der Waals surface area contributed by atoms with Crippen molar-refractivity contribution >= 4 is 11.6 Å². The average Bonchev–Trinajstić information content (AvgIpc) is 2.46. The summed E-state index contributed by atoms with van der Waals surface area (Å²) in [5.41, 5.74) is 0.935. The number of amides is 1. The molecule has 100 valence electrons. The SMILES string of the molecule is CNC(=O)[C@H]1CN(C[C@H](C)C#N)c2ccccc2O1. The Morgan fingerprint density at radius 3 is 3.05 bits per heavy atom. The minimum absolute atomic E-state index is 0.100. The van der Waals surface area contributed by atoms with Crippen LogP contribution in [0.5, 0.6) is 5.75 Å². The predicted octanol–water partition coefficient (Wildman–Crippen LogP) is 1.16. The number of nitrogens with zero attached hydrogens (tertiary/aromatic N) is 2. The van der Waals surface area contributed by atoms with Crippen LogP contribution in [0.4, 0.5) is 5.69 Å². The first kappa shape index (κ1) is 13.2. The van der Waals surface area contributed by atoms with Gasteiger partial charge in [0.15, 0.2) is 6.10 Å². The monoisotopic (exact) mass is 259 g/mol. The average molecular weight is 259 g/mol. The van der Waals surface area contributed by atoms with E-state index in [-0.39, 0.29) is 11.8 Å². The van der Waals surface area contributed by atoms with Crippen molar-refractivity contribution < 1.29 is 9.53 Å². The van der Waals surface area contributed by atoms with Gasteiger partial charge in [-0.3, -0.25) is 4.79 Å². The number of hydrogen-bond donors (Lipinski definition) is 1. The van der Waals surface area contributed by atoms with E-state index in [0.717, 1.165) is 5.69 Å². The molecule has 2 rings (SSSR count). The number of hydrogen-bond acceptors (Lipinski definition) is 4. The van der Waals surface area contributed by atoms with Crippen molar-refractivity contribution in [3.8, 4) is 11.8 Å². The van der Waals surface area contributed by atoms with Crippen LogP contribution in [0.25, 0.3) is 0 Å². The number of carbonyl (C=O) groups is 1. The molecule has 1 aliphatic rings. The summed E-state index contributed by atoms with van der Waals surface area (Å²) in [7, 11) is 1.59. The second-order valence-corrected chi connectivity index (χ2v) is 4.62. The summed E-state index contributed by atoms with van der Waals surface area (Å²) in [6, 6.07) is 9.80. The minimum atomic E-state index is -0.536. The molecule has 0 bridgehead atoms. The van der Waals surface area contributed by atoms with Crippen molar-refractivity contribution in [3.05, 3.63) is 24.3 Å². The van der Waals surface area contributed by atoms with Crippen molar-refractivity contribution in [2.24, 2.45) is 5.92 Å². The quantitative estimate of drug-likeness (QED) is 0.884. The molecule has 1 aliphatic heterocycles. The van der Waals surface area contributed by atoms with Gasteiger partial charge in [-0.1, -0.05) is 12.1 Å². The number of nitrogens with one attached hydrogen (secondary N) is 1. The van der Waals surface area contributed by atoms with Gasteiger partial charge in [0, 0.05) is 13.6 Å². The number of rotatable bonds is 3. The van der Waals surface area contributed by atoms with Crippen molar-refractivity contribution in [3.63, 3.8) is 0 Å². The van der Waals surface area contributed by atoms with Crippen LogP contribution in [0.3, 0.4) is 0 Å². The third kappa shape index (κ3) is 2.79. The van der Waals surface area contributed by atoms with Gasteiger partial charge in [0.25, 0.3) is 5.91 Å². The van der Waals surface area contributed by atoms with Gasteiger partial charge in [-0.15, -0.1) is 0 Å². The smallest absolute Gasteiger partial charge is 0.262 e. The maximum absolute atomic E-state index is 11.7. The number of ether oxygens (including phenoxy) is 1. The van der Waals surface area contributed by atoms with Crippen molar-refractivity contribution in [1.29, 1.82) is 5.26 Å². The zero-order chi connectivity index (χ0) is 13.8. The lowest BCUT2D eigenvalue weighted by molar-refractivity contribution is -0.127. The first-order valence-electron chi connectivity index (χ1n) is 6.27. The summed E-state index contributed by atoms with van der Waals surface area (Å²) in [5.74, 6) is 0.438. The number of para-hydroxylation sites is 2. The largest absolute Gasteiger partial charge is 0.477 e. The first-order valence-corrected chi connectivity index (χ1v) is 6.27. The number of nitriles is 1. The summed E-state index contributed by atoms with van der Waals surface area (Å²) in [6.07, 6.45) is -0.536. The molecular weight excluding hydrogens is 242 g/mol. The van der Waals surface area contributed by atoms with E-state index < -0.39 is 6.10 Å². The minimum Gasteiger partial charge on any atom is -0.477 e. The lowest BCUT2D eigenvalue weighted by atomic mass is 10.1. The molecule has 2 atom stereocenters. The molecule has 19 heavy (non-hydrogen) atoms. The molecule has 5 nitrogen and oxygen atoms in total. The van der Waals surface area contributed by atoms with Crippen LogP contribution in [-0.2, 0) is 4.79 Å². The Bertz CT molecular complexity index is 510. The van der Waals surface area contributed by atoms with E-state index in [1.807, 2.05) is 36.1 Å². The summed E-state index contributed by atoms with van der Waals surface area (Å²) in [4.78, 5) is 13.8. The fourth-order valence-electron chi connectivity index (χ4n) is 2.15. The molecule has 1 N–H and O–H groups in total.